The lowest BCUT2D eigenvalue weighted by atomic mass is 9.85. The van der Waals surface area contributed by atoms with E-state index in [1.807, 2.05) is 12.1 Å². The molecule has 0 amide bonds. The molecule has 1 nitrogen and oxygen atoms in total. The van der Waals surface area contributed by atoms with E-state index in [-0.39, 0.29) is 0 Å². The van der Waals surface area contributed by atoms with E-state index in [2.05, 4.69) is 146 Å². The minimum absolute atomic E-state index is 0.898. The van der Waals surface area contributed by atoms with Crippen LogP contribution in [0.2, 0.25) is 0 Å². The zero-order valence-corrected chi connectivity index (χ0v) is 22.4. The van der Waals surface area contributed by atoms with Gasteiger partial charge in [-0.05, 0) is 61.5 Å². The van der Waals surface area contributed by atoms with E-state index in [4.69, 9.17) is 4.42 Å². The lowest BCUT2D eigenvalue weighted by Crippen LogP contribution is -1.91. The van der Waals surface area contributed by atoms with Crippen molar-refractivity contribution in [2.24, 2.45) is 0 Å². The Morgan fingerprint density at radius 1 is 0.293 bits per heavy atom. The summed E-state index contributed by atoms with van der Waals surface area (Å²) in [5.41, 5.74) is 9.21. The van der Waals surface area contributed by atoms with Gasteiger partial charge in [-0.1, -0.05) is 146 Å². The van der Waals surface area contributed by atoms with Gasteiger partial charge in [-0.3, -0.25) is 0 Å². The Morgan fingerprint density at radius 3 is 1.29 bits per heavy atom. The van der Waals surface area contributed by atoms with Gasteiger partial charge >= 0.3 is 0 Å². The third kappa shape index (κ3) is 3.86. The van der Waals surface area contributed by atoms with Crippen molar-refractivity contribution >= 4 is 32.5 Å². The first-order valence-electron chi connectivity index (χ1n) is 14.0. The molecule has 0 aliphatic rings. The van der Waals surface area contributed by atoms with Crippen LogP contribution < -0.4 is 0 Å². The van der Waals surface area contributed by atoms with Gasteiger partial charge in [-0.15, -0.1) is 0 Å². The van der Waals surface area contributed by atoms with E-state index >= 15 is 0 Å². The van der Waals surface area contributed by atoms with Crippen LogP contribution in [0.3, 0.4) is 0 Å². The lowest BCUT2D eigenvalue weighted by molar-refractivity contribution is 0.632. The molecule has 0 atom stereocenters. The number of rotatable bonds is 4. The van der Waals surface area contributed by atoms with Gasteiger partial charge in [0.2, 0.25) is 0 Å². The van der Waals surface area contributed by atoms with Crippen molar-refractivity contribution in [2.45, 2.75) is 0 Å². The van der Waals surface area contributed by atoms with Gasteiger partial charge in [0.15, 0.2) is 0 Å². The average Bonchev–Trinajstić information content (AvgIpc) is 3.44. The van der Waals surface area contributed by atoms with Crippen molar-refractivity contribution in [2.75, 3.05) is 0 Å². The van der Waals surface area contributed by atoms with Crippen LogP contribution in [0.4, 0.5) is 0 Å². The van der Waals surface area contributed by atoms with E-state index in [0.717, 1.165) is 33.4 Å². The van der Waals surface area contributed by atoms with Gasteiger partial charge in [-0.25, -0.2) is 0 Å². The second-order valence-corrected chi connectivity index (χ2v) is 10.5. The topological polar surface area (TPSA) is 13.1 Å². The zero-order chi connectivity index (χ0) is 27.2. The summed E-state index contributed by atoms with van der Waals surface area (Å²) < 4.78 is 6.49. The van der Waals surface area contributed by atoms with E-state index in [9.17, 15) is 0 Å². The van der Waals surface area contributed by atoms with Crippen molar-refractivity contribution in [1.29, 1.82) is 0 Å². The third-order valence-electron chi connectivity index (χ3n) is 8.07. The highest BCUT2D eigenvalue weighted by Crippen LogP contribution is 2.46. The molecule has 0 aliphatic heterocycles. The quantitative estimate of drug-likeness (QED) is 0.210. The van der Waals surface area contributed by atoms with Crippen LogP contribution in [0.1, 0.15) is 0 Å². The maximum Gasteiger partial charge on any atom is 0.143 e. The SMILES string of the molecule is c1ccc(-c2oc3ccccc3c2-c2cccc(-c3c4ccccc4c(-c4ccccc4)c4ccccc34)c2)cc1. The summed E-state index contributed by atoms with van der Waals surface area (Å²) in [6.45, 7) is 0. The van der Waals surface area contributed by atoms with Crippen LogP contribution in [-0.2, 0) is 0 Å². The molecule has 8 aromatic rings. The Labute approximate surface area is 238 Å². The van der Waals surface area contributed by atoms with Crippen molar-refractivity contribution in [3.63, 3.8) is 0 Å². The number of para-hydroxylation sites is 1. The fraction of sp³-hybridized carbons (Fsp3) is 0. The van der Waals surface area contributed by atoms with Crippen LogP contribution in [0.5, 0.6) is 0 Å². The molecule has 0 fully saturated rings. The minimum atomic E-state index is 0.898. The second-order valence-electron chi connectivity index (χ2n) is 10.5. The molecule has 0 N–H and O–H groups in total. The molecule has 1 aromatic heterocycles. The minimum Gasteiger partial charge on any atom is -0.455 e. The molecule has 0 aliphatic carbocycles. The summed E-state index contributed by atoms with van der Waals surface area (Å²) in [4.78, 5) is 0. The normalized spacial score (nSPS) is 11.4. The van der Waals surface area contributed by atoms with Gasteiger partial charge in [0.25, 0.3) is 0 Å². The zero-order valence-electron chi connectivity index (χ0n) is 22.4. The molecule has 0 saturated heterocycles. The molecule has 0 bridgehead atoms. The Kier molecular flexibility index (Phi) is 5.53. The fourth-order valence-corrected chi connectivity index (χ4v) is 6.31. The molecule has 192 valence electrons. The summed E-state index contributed by atoms with van der Waals surface area (Å²) in [6, 6.07) is 56.1. The number of hydrogen-bond donors (Lipinski definition) is 0. The third-order valence-corrected chi connectivity index (χ3v) is 8.07. The average molecular weight is 523 g/mol. The predicted molar refractivity (Wildman–Crippen MR) is 173 cm³/mol. The Hall–Kier alpha value is -5.40. The van der Waals surface area contributed by atoms with Gasteiger partial charge < -0.3 is 4.42 Å². The van der Waals surface area contributed by atoms with Crippen LogP contribution in [0.15, 0.2) is 162 Å². The van der Waals surface area contributed by atoms with Crippen LogP contribution in [-0.4, -0.2) is 0 Å². The summed E-state index contributed by atoms with van der Waals surface area (Å²) in [7, 11) is 0. The fourth-order valence-electron chi connectivity index (χ4n) is 6.31. The first kappa shape index (κ1) is 23.5. The van der Waals surface area contributed by atoms with Gasteiger partial charge in [0, 0.05) is 16.5 Å². The summed E-state index contributed by atoms with van der Waals surface area (Å²) in [5, 5.41) is 6.15. The molecule has 8 rings (SSSR count). The van der Waals surface area contributed by atoms with E-state index in [0.29, 0.717) is 0 Å². The smallest absolute Gasteiger partial charge is 0.143 e. The number of furan rings is 1. The highest BCUT2D eigenvalue weighted by molar-refractivity contribution is 6.21. The first-order chi connectivity index (χ1) is 20.4. The Balaban J connectivity index is 1.43. The molecule has 0 unspecified atom stereocenters. The molecule has 41 heavy (non-hydrogen) atoms. The van der Waals surface area contributed by atoms with Crippen LogP contribution in [0, 0.1) is 0 Å². The summed E-state index contributed by atoms with van der Waals surface area (Å²) >= 11 is 0. The first-order valence-corrected chi connectivity index (χ1v) is 14.0. The highest BCUT2D eigenvalue weighted by Gasteiger charge is 2.20. The number of fused-ring (bicyclic) bond motifs is 3. The second kappa shape index (κ2) is 9.66. The van der Waals surface area contributed by atoms with Gasteiger partial charge in [0.05, 0.1) is 0 Å². The van der Waals surface area contributed by atoms with Crippen LogP contribution in [0.25, 0.3) is 77.2 Å². The molecule has 7 aromatic carbocycles. The van der Waals surface area contributed by atoms with Gasteiger partial charge in [-0.2, -0.15) is 0 Å². The van der Waals surface area contributed by atoms with E-state index in [1.165, 1.54) is 43.8 Å². The number of benzene rings is 7. The van der Waals surface area contributed by atoms with Crippen molar-refractivity contribution < 1.29 is 4.42 Å². The predicted octanol–water partition coefficient (Wildman–Crippen LogP) is 11.4. The van der Waals surface area contributed by atoms with Crippen molar-refractivity contribution in [1.82, 2.24) is 0 Å². The van der Waals surface area contributed by atoms with Crippen molar-refractivity contribution in [3.05, 3.63) is 158 Å². The molecule has 0 spiro atoms. The molecular weight excluding hydrogens is 496 g/mol. The van der Waals surface area contributed by atoms with Gasteiger partial charge in [0.1, 0.15) is 11.3 Å². The molecule has 0 radical (unpaired) electrons. The molecule has 1 heteroatoms. The lowest BCUT2D eigenvalue weighted by Gasteiger charge is -2.18. The summed E-state index contributed by atoms with van der Waals surface area (Å²) in [6.07, 6.45) is 0. The largest absolute Gasteiger partial charge is 0.455 e. The maximum absolute atomic E-state index is 6.49. The Morgan fingerprint density at radius 2 is 0.707 bits per heavy atom. The standard InChI is InChI=1S/C40H26O/c1-3-14-27(15-4-1)37-31-20-7-9-22-33(31)38(34-23-10-8-21-32(34)37)29-18-13-19-30(26-29)39-35-24-11-12-25-36(35)41-40(39)28-16-5-2-6-17-28/h1-26H. The molecule has 1 heterocycles. The molecular formula is C40H26O. The van der Waals surface area contributed by atoms with Crippen LogP contribution >= 0.6 is 0 Å². The van der Waals surface area contributed by atoms with E-state index in [1.54, 1.807) is 0 Å². The summed E-state index contributed by atoms with van der Waals surface area (Å²) in [5.74, 6) is 0.901. The number of hydrogen-bond acceptors (Lipinski definition) is 1. The Bertz CT molecular complexity index is 2130. The monoisotopic (exact) mass is 522 g/mol. The molecule has 0 saturated carbocycles. The maximum atomic E-state index is 6.49. The van der Waals surface area contributed by atoms with E-state index < -0.39 is 0 Å². The highest BCUT2D eigenvalue weighted by atomic mass is 16.3. The van der Waals surface area contributed by atoms with Crippen molar-refractivity contribution in [3.8, 4) is 44.7 Å².